The van der Waals surface area contributed by atoms with Gasteiger partial charge in [0, 0.05) is 32.2 Å². The molecule has 0 aromatic carbocycles. The molecule has 0 aliphatic carbocycles. The highest BCUT2D eigenvalue weighted by molar-refractivity contribution is 5.74. The molecule has 0 radical (unpaired) electrons. The maximum Gasteiger partial charge on any atom is 0.317 e. The van der Waals surface area contributed by atoms with E-state index in [4.69, 9.17) is 0 Å². The number of rotatable bonds is 3. The molecule has 0 unspecified atom stereocenters. The first kappa shape index (κ1) is 14.6. The molecule has 2 fully saturated rings. The molecule has 2 heterocycles. The average Bonchev–Trinajstić information content (AvgIpc) is 2.42. The molecule has 0 bridgehead atoms. The molecule has 2 amide bonds. The maximum absolute atomic E-state index is 12.2. The topological polar surface area (TPSA) is 35.6 Å². The number of carbonyl (C=O) groups excluding carboxylic acids is 1. The second-order valence-corrected chi connectivity index (χ2v) is 6.23. The lowest BCUT2D eigenvalue weighted by Crippen LogP contribution is -2.50. The molecule has 0 aromatic rings. The van der Waals surface area contributed by atoms with Crippen molar-refractivity contribution in [2.75, 3.05) is 32.7 Å². The van der Waals surface area contributed by atoms with Crippen LogP contribution >= 0.6 is 0 Å². The van der Waals surface area contributed by atoms with E-state index in [0.717, 1.165) is 57.8 Å². The van der Waals surface area contributed by atoms with Crippen LogP contribution in [0.2, 0.25) is 0 Å². The standard InChI is InChI=1S/C15H29N3O/c1-3-8-17-9-6-14(7-10-17)16-15(19)18-11-4-13(2)5-12-18/h13-14H,3-12H2,1-2H3,(H,16,19). The Labute approximate surface area is 117 Å². The molecular weight excluding hydrogens is 238 g/mol. The second-order valence-electron chi connectivity index (χ2n) is 6.23. The monoisotopic (exact) mass is 267 g/mol. The van der Waals surface area contributed by atoms with Crippen LogP contribution in [0.15, 0.2) is 0 Å². The normalized spacial score (nSPS) is 23.6. The molecule has 0 aromatic heterocycles. The van der Waals surface area contributed by atoms with E-state index < -0.39 is 0 Å². The lowest BCUT2D eigenvalue weighted by atomic mass is 9.99. The summed E-state index contributed by atoms with van der Waals surface area (Å²) in [7, 11) is 0. The van der Waals surface area contributed by atoms with Gasteiger partial charge in [0.2, 0.25) is 0 Å². The van der Waals surface area contributed by atoms with Crippen molar-refractivity contribution < 1.29 is 4.79 Å². The van der Waals surface area contributed by atoms with E-state index in [9.17, 15) is 4.79 Å². The summed E-state index contributed by atoms with van der Waals surface area (Å²) in [5.74, 6) is 0.779. The van der Waals surface area contributed by atoms with Crippen molar-refractivity contribution in [1.82, 2.24) is 15.1 Å². The van der Waals surface area contributed by atoms with E-state index in [0.29, 0.717) is 6.04 Å². The zero-order valence-electron chi connectivity index (χ0n) is 12.5. The Kier molecular flexibility index (Phi) is 5.49. The van der Waals surface area contributed by atoms with Crippen LogP contribution in [0.3, 0.4) is 0 Å². The Balaban J connectivity index is 1.69. The Bertz CT molecular complexity index is 279. The van der Waals surface area contributed by atoms with Crippen molar-refractivity contribution in [3.8, 4) is 0 Å². The van der Waals surface area contributed by atoms with Crippen molar-refractivity contribution in [3.05, 3.63) is 0 Å². The average molecular weight is 267 g/mol. The third kappa shape index (κ3) is 4.37. The zero-order chi connectivity index (χ0) is 13.7. The molecule has 0 saturated carbocycles. The number of hydrogen-bond acceptors (Lipinski definition) is 2. The van der Waals surface area contributed by atoms with Gasteiger partial charge in [-0.05, 0) is 44.6 Å². The molecule has 2 rings (SSSR count). The molecule has 4 heteroatoms. The smallest absolute Gasteiger partial charge is 0.317 e. The fraction of sp³-hybridized carbons (Fsp3) is 0.933. The summed E-state index contributed by atoms with van der Waals surface area (Å²) in [5, 5.41) is 3.23. The molecule has 2 aliphatic heterocycles. The zero-order valence-corrected chi connectivity index (χ0v) is 12.5. The molecule has 2 aliphatic rings. The molecule has 110 valence electrons. The summed E-state index contributed by atoms with van der Waals surface area (Å²) in [6.07, 6.45) is 5.75. The fourth-order valence-electron chi connectivity index (χ4n) is 3.09. The number of nitrogens with zero attached hydrogens (tertiary/aromatic N) is 2. The highest BCUT2D eigenvalue weighted by atomic mass is 16.2. The highest BCUT2D eigenvalue weighted by Crippen LogP contribution is 2.17. The molecule has 1 N–H and O–H groups in total. The Morgan fingerprint density at radius 2 is 1.74 bits per heavy atom. The van der Waals surface area contributed by atoms with Crippen LogP contribution in [-0.2, 0) is 0 Å². The second kappa shape index (κ2) is 7.13. The number of amides is 2. The van der Waals surface area contributed by atoms with Crippen LogP contribution in [-0.4, -0.2) is 54.6 Å². The summed E-state index contributed by atoms with van der Waals surface area (Å²) >= 11 is 0. The summed E-state index contributed by atoms with van der Waals surface area (Å²) < 4.78 is 0. The number of likely N-dealkylation sites (tertiary alicyclic amines) is 2. The quantitative estimate of drug-likeness (QED) is 0.851. The van der Waals surface area contributed by atoms with Gasteiger partial charge >= 0.3 is 6.03 Å². The van der Waals surface area contributed by atoms with E-state index in [1.807, 2.05) is 4.90 Å². The Hall–Kier alpha value is -0.770. The molecule has 0 spiro atoms. The molecular formula is C15H29N3O. The summed E-state index contributed by atoms with van der Waals surface area (Å²) in [5.41, 5.74) is 0. The minimum absolute atomic E-state index is 0.167. The molecule has 19 heavy (non-hydrogen) atoms. The molecule has 0 atom stereocenters. The third-order valence-electron chi connectivity index (χ3n) is 4.53. The summed E-state index contributed by atoms with van der Waals surface area (Å²) in [6.45, 7) is 9.84. The van der Waals surface area contributed by atoms with E-state index >= 15 is 0 Å². The van der Waals surface area contributed by atoms with Gasteiger partial charge in [0.05, 0.1) is 0 Å². The largest absolute Gasteiger partial charge is 0.335 e. The minimum Gasteiger partial charge on any atom is -0.335 e. The van der Waals surface area contributed by atoms with Crippen molar-refractivity contribution in [3.63, 3.8) is 0 Å². The van der Waals surface area contributed by atoms with Crippen molar-refractivity contribution in [1.29, 1.82) is 0 Å². The van der Waals surface area contributed by atoms with Gasteiger partial charge in [-0.25, -0.2) is 4.79 Å². The number of hydrogen-bond donors (Lipinski definition) is 1. The number of carbonyl (C=O) groups is 1. The van der Waals surface area contributed by atoms with Gasteiger partial charge in [-0.15, -0.1) is 0 Å². The first-order valence-corrected chi connectivity index (χ1v) is 7.96. The first-order chi connectivity index (χ1) is 9.19. The first-order valence-electron chi connectivity index (χ1n) is 7.96. The van der Waals surface area contributed by atoms with Crippen LogP contribution in [0.5, 0.6) is 0 Å². The summed E-state index contributed by atoms with van der Waals surface area (Å²) in [6, 6.07) is 0.556. The van der Waals surface area contributed by atoms with Crippen molar-refractivity contribution >= 4 is 6.03 Å². The highest BCUT2D eigenvalue weighted by Gasteiger charge is 2.24. The molecule has 4 nitrogen and oxygen atoms in total. The molecule has 2 saturated heterocycles. The van der Waals surface area contributed by atoms with Gasteiger partial charge in [-0.1, -0.05) is 13.8 Å². The number of piperidine rings is 2. The fourth-order valence-corrected chi connectivity index (χ4v) is 3.09. The number of nitrogens with one attached hydrogen (secondary N) is 1. The van der Waals surface area contributed by atoms with Gasteiger partial charge in [-0.3, -0.25) is 0 Å². The Morgan fingerprint density at radius 3 is 2.32 bits per heavy atom. The van der Waals surface area contributed by atoms with Crippen molar-refractivity contribution in [2.45, 2.75) is 52.0 Å². The third-order valence-corrected chi connectivity index (χ3v) is 4.53. The predicted octanol–water partition coefficient (Wildman–Crippen LogP) is 2.30. The predicted molar refractivity (Wildman–Crippen MR) is 78.3 cm³/mol. The van der Waals surface area contributed by atoms with Crippen LogP contribution in [0, 0.1) is 5.92 Å². The minimum atomic E-state index is 0.167. The van der Waals surface area contributed by atoms with Crippen molar-refractivity contribution in [2.24, 2.45) is 5.92 Å². The Morgan fingerprint density at radius 1 is 1.11 bits per heavy atom. The van der Waals surface area contributed by atoms with E-state index in [1.165, 1.54) is 13.0 Å². The summed E-state index contributed by atoms with van der Waals surface area (Å²) in [4.78, 5) is 16.7. The lowest BCUT2D eigenvalue weighted by molar-refractivity contribution is 0.157. The van der Waals surface area contributed by atoms with Crippen LogP contribution in [0.1, 0.15) is 46.0 Å². The van der Waals surface area contributed by atoms with Crippen LogP contribution in [0.4, 0.5) is 4.79 Å². The SMILES string of the molecule is CCCN1CCC(NC(=O)N2CCC(C)CC2)CC1. The van der Waals surface area contributed by atoms with Gasteiger partial charge in [0.1, 0.15) is 0 Å². The van der Waals surface area contributed by atoms with Gasteiger partial charge in [0.25, 0.3) is 0 Å². The van der Waals surface area contributed by atoms with Crippen LogP contribution < -0.4 is 5.32 Å². The number of urea groups is 1. The van der Waals surface area contributed by atoms with E-state index in [-0.39, 0.29) is 6.03 Å². The van der Waals surface area contributed by atoms with E-state index in [1.54, 1.807) is 0 Å². The van der Waals surface area contributed by atoms with E-state index in [2.05, 4.69) is 24.1 Å². The lowest BCUT2D eigenvalue weighted by Gasteiger charge is -2.35. The maximum atomic E-state index is 12.2. The van der Waals surface area contributed by atoms with Gasteiger partial charge in [0.15, 0.2) is 0 Å². The van der Waals surface area contributed by atoms with Crippen LogP contribution in [0.25, 0.3) is 0 Å². The van der Waals surface area contributed by atoms with Gasteiger partial charge < -0.3 is 15.1 Å². The van der Waals surface area contributed by atoms with Gasteiger partial charge in [-0.2, -0.15) is 0 Å².